The van der Waals surface area contributed by atoms with Crippen LogP contribution in [-0.2, 0) is 11.3 Å². The molecule has 0 unspecified atom stereocenters. The van der Waals surface area contributed by atoms with E-state index in [0.717, 1.165) is 65.0 Å². The Bertz CT molecular complexity index is 1080. The Labute approximate surface area is 189 Å². The predicted octanol–water partition coefficient (Wildman–Crippen LogP) is 5.10. The van der Waals surface area contributed by atoms with E-state index in [0.29, 0.717) is 5.92 Å². The summed E-state index contributed by atoms with van der Waals surface area (Å²) in [6, 6.07) is 14.2. The number of furan rings is 1. The summed E-state index contributed by atoms with van der Waals surface area (Å²) in [6.07, 6.45) is 5.09. The molecule has 1 saturated heterocycles. The van der Waals surface area contributed by atoms with Crippen LogP contribution >= 0.6 is 15.9 Å². The lowest BCUT2D eigenvalue weighted by Crippen LogP contribution is -2.32. The van der Waals surface area contributed by atoms with Crippen molar-refractivity contribution in [1.29, 1.82) is 0 Å². The molecule has 162 valence electrons. The van der Waals surface area contributed by atoms with E-state index in [2.05, 4.69) is 39.0 Å². The molecule has 0 spiro atoms. The minimum Gasteiger partial charge on any atom is -0.497 e. The summed E-state index contributed by atoms with van der Waals surface area (Å²) in [7, 11) is 1.67. The highest BCUT2D eigenvalue weighted by Crippen LogP contribution is 2.37. The van der Waals surface area contributed by atoms with E-state index in [9.17, 15) is 4.79 Å². The van der Waals surface area contributed by atoms with Crippen molar-refractivity contribution >= 4 is 38.9 Å². The number of methoxy groups -OCH3 is 1. The third-order valence-corrected chi connectivity index (χ3v) is 6.30. The van der Waals surface area contributed by atoms with E-state index in [4.69, 9.17) is 14.4 Å². The summed E-state index contributed by atoms with van der Waals surface area (Å²) in [5.41, 5.74) is 4.62. The minimum atomic E-state index is -0.539. The quantitative estimate of drug-likeness (QED) is 0.289. The van der Waals surface area contributed by atoms with Gasteiger partial charge < -0.3 is 9.15 Å². The van der Waals surface area contributed by atoms with Gasteiger partial charge in [0.2, 0.25) is 0 Å². The molecule has 0 bridgehead atoms. The molecule has 0 saturated carbocycles. The molecule has 0 aliphatic carbocycles. The largest absolute Gasteiger partial charge is 0.497 e. The van der Waals surface area contributed by atoms with Crippen molar-refractivity contribution in [3.05, 3.63) is 69.9 Å². The van der Waals surface area contributed by atoms with Gasteiger partial charge in [-0.1, -0.05) is 24.3 Å². The number of rotatable bonds is 6. The Morgan fingerprint density at radius 3 is 2.68 bits per heavy atom. The Morgan fingerprint density at radius 1 is 1.26 bits per heavy atom. The maximum atomic E-state index is 11.1. The van der Waals surface area contributed by atoms with Crippen LogP contribution in [0.3, 0.4) is 0 Å². The highest BCUT2D eigenvalue weighted by Gasteiger charge is 2.24. The minimum absolute atomic E-state index is 0.423. The number of ether oxygens (including phenoxy) is 1. The van der Waals surface area contributed by atoms with Crippen molar-refractivity contribution < 1.29 is 19.2 Å². The molecule has 1 aromatic heterocycles. The topological polar surface area (TPSA) is 74.9 Å². The van der Waals surface area contributed by atoms with E-state index in [1.165, 1.54) is 11.6 Å². The molecule has 4 rings (SSSR count). The zero-order chi connectivity index (χ0) is 21.8. The van der Waals surface area contributed by atoms with Gasteiger partial charge in [-0.2, -0.15) is 0 Å². The molecule has 3 aromatic rings. The number of carbonyl (C=O) groups is 1. The van der Waals surface area contributed by atoms with E-state index >= 15 is 0 Å². The van der Waals surface area contributed by atoms with Gasteiger partial charge in [0.1, 0.15) is 17.1 Å². The van der Waals surface area contributed by atoms with Crippen LogP contribution < -0.4 is 10.2 Å². The van der Waals surface area contributed by atoms with E-state index < -0.39 is 5.91 Å². The number of nitrogens with zero attached hydrogens (tertiary/aromatic N) is 1. The number of amides is 1. The van der Waals surface area contributed by atoms with Gasteiger partial charge in [-0.25, -0.2) is 5.48 Å². The maximum Gasteiger partial charge on any atom is 0.267 e. The summed E-state index contributed by atoms with van der Waals surface area (Å²) in [5, 5.41) is 9.60. The molecule has 0 atom stereocenters. The third-order valence-electron chi connectivity index (χ3n) is 5.71. The summed E-state index contributed by atoms with van der Waals surface area (Å²) >= 11 is 3.58. The molecular formula is C24H25BrN2O4. The zero-order valence-corrected chi connectivity index (χ0v) is 18.9. The fourth-order valence-corrected chi connectivity index (χ4v) is 4.54. The Balaban J connectivity index is 1.35. The number of likely N-dealkylation sites (tertiary alicyclic amines) is 1. The van der Waals surface area contributed by atoms with Crippen LogP contribution in [0.2, 0.25) is 0 Å². The molecule has 2 heterocycles. The SMILES string of the molecule is COc1cc(Br)c2oc(C3CCN(Cc4ccc(/C=C/C(=O)NO)cc4)CC3)cc2c1. The monoisotopic (exact) mass is 484 g/mol. The molecule has 1 amide bonds. The Hall–Kier alpha value is -2.61. The summed E-state index contributed by atoms with van der Waals surface area (Å²) in [4.78, 5) is 13.5. The second kappa shape index (κ2) is 9.68. The molecule has 1 aliphatic rings. The number of hydrogen-bond donors (Lipinski definition) is 2. The van der Waals surface area contributed by atoms with Gasteiger partial charge in [0, 0.05) is 23.9 Å². The lowest BCUT2D eigenvalue weighted by molar-refractivity contribution is -0.124. The second-order valence-electron chi connectivity index (χ2n) is 7.78. The molecule has 1 aliphatic heterocycles. The molecule has 7 heteroatoms. The van der Waals surface area contributed by atoms with Crippen molar-refractivity contribution in [2.45, 2.75) is 25.3 Å². The average molecular weight is 485 g/mol. The van der Waals surface area contributed by atoms with Gasteiger partial charge in [-0.15, -0.1) is 0 Å². The van der Waals surface area contributed by atoms with Crippen LogP contribution in [0, 0.1) is 0 Å². The predicted molar refractivity (Wildman–Crippen MR) is 123 cm³/mol. The van der Waals surface area contributed by atoms with Crippen molar-refractivity contribution in [1.82, 2.24) is 10.4 Å². The number of piperidine rings is 1. The summed E-state index contributed by atoms with van der Waals surface area (Å²) in [5.74, 6) is 1.75. The van der Waals surface area contributed by atoms with Crippen LogP contribution in [-0.4, -0.2) is 36.2 Å². The normalized spacial score (nSPS) is 15.6. The first-order chi connectivity index (χ1) is 15.1. The van der Waals surface area contributed by atoms with Gasteiger partial charge in [-0.05, 0) is 77.3 Å². The van der Waals surface area contributed by atoms with Crippen molar-refractivity contribution in [2.24, 2.45) is 0 Å². The van der Waals surface area contributed by atoms with Gasteiger partial charge in [0.15, 0.2) is 0 Å². The van der Waals surface area contributed by atoms with Crippen LogP contribution in [0.4, 0.5) is 0 Å². The van der Waals surface area contributed by atoms with Crippen LogP contribution in [0.1, 0.15) is 35.6 Å². The van der Waals surface area contributed by atoms with Crippen molar-refractivity contribution in [3.8, 4) is 5.75 Å². The highest BCUT2D eigenvalue weighted by atomic mass is 79.9. The van der Waals surface area contributed by atoms with E-state index in [1.807, 2.05) is 24.3 Å². The molecule has 31 heavy (non-hydrogen) atoms. The van der Waals surface area contributed by atoms with E-state index in [1.54, 1.807) is 18.7 Å². The van der Waals surface area contributed by atoms with Crippen molar-refractivity contribution in [2.75, 3.05) is 20.2 Å². The van der Waals surface area contributed by atoms with Gasteiger partial charge in [-0.3, -0.25) is 14.9 Å². The maximum absolute atomic E-state index is 11.1. The summed E-state index contributed by atoms with van der Waals surface area (Å²) in [6.45, 7) is 2.94. The fourth-order valence-electron chi connectivity index (χ4n) is 4.00. The molecule has 1 fully saturated rings. The van der Waals surface area contributed by atoms with Gasteiger partial charge >= 0.3 is 0 Å². The molecule has 2 N–H and O–H groups in total. The van der Waals surface area contributed by atoms with Crippen LogP contribution in [0.15, 0.2) is 57.4 Å². The second-order valence-corrected chi connectivity index (χ2v) is 8.63. The number of carbonyl (C=O) groups excluding carboxylic acids is 1. The van der Waals surface area contributed by atoms with Gasteiger partial charge in [0.25, 0.3) is 5.91 Å². The number of benzene rings is 2. The molecular weight excluding hydrogens is 460 g/mol. The third kappa shape index (κ3) is 5.18. The molecule has 0 radical (unpaired) electrons. The number of fused-ring (bicyclic) bond motifs is 1. The average Bonchev–Trinajstić information content (AvgIpc) is 3.23. The van der Waals surface area contributed by atoms with Crippen LogP contribution in [0.25, 0.3) is 17.0 Å². The summed E-state index contributed by atoms with van der Waals surface area (Å²) < 4.78 is 12.5. The highest BCUT2D eigenvalue weighted by molar-refractivity contribution is 9.10. The van der Waals surface area contributed by atoms with Gasteiger partial charge in [0.05, 0.1) is 11.6 Å². The number of halogens is 1. The van der Waals surface area contributed by atoms with Crippen molar-refractivity contribution in [3.63, 3.8) is 0 Å². The number of nitrogens with one attached hydrogen (secondary N) is 1. The molecule has 2 aromatic carbocycles. The smallest absolute Gasteiger partial charge is 0.267 e. The van der Waals surface area contributed by atoms with E-state index in [-0.39, 0.29) is 0 Å². The molecule has 6 nitrogen and oxygen atoms in total. The first-order valence-corrected chi connectivity index (χ1v) is 11.1. The number of hydroxylamine groups is 1. The standard InChI is InChI=1S/C24H25BrN2O4/c1-30-20-12-19-13-22(31-24(19)21(25)14-20)18-8-10-27(11-9-18)15-17-4-2-16(3-5-17)6-7-23(28)26-29/h2-7,12-14,18,29H,8-11,15H2,1H3,(H,26,28)/b7-6+. The zero-order valence-electron chi connectivity index (χ0n) is 17.3. The Kier molecular flexibility index (Phi) is 6.75. The first-order valence-electron chi connectivity index (χ1n) is 10.3. The lowest BCUT2D eigenvalue weighted by atomic mass is 9.94. The fraction of sp³-hybridized carbons (Fsp3) is 0.292. The van der Waals surface area contributed by atoms with Crippen LogP contribution in [0.5, 0.6) is 5.75 Å². The first kappa shape index (κ1) is 21.6. The lowest BCUT2D eigenvalue weighted by Gasteiger charge is -2.31. The number of hydrogen-bond acceptors (Lipinski definition) is 5. The Morgan fingerprint density at radius 2 is 2.00 bits per heavy atom.